The van der Waals surface area contributed by atoms with Crippen LogP contribution in [0.2, 0.25) is 0 Å². The fourth-order valence-electron chi connectivity index (χ4n) is 2.06. The molecule has 2 rings (SSSR count). The molecule has 78 valence electrons. The van der Waals surface area contributed by atoms with E-state index in [4.69, 9.17) is 0 Å². The van der Waals surface area contributed by atoms with Gasteiger partial charge in [0, 0.05) is 6.92 Å². The van der Waals surface area contributed by atoms with E-state index in [1.54, 1.807) is 0 Å². The molecule has 1 aromatic rings. The second-order valence-corrected chi connectivity index (χ2v) is 3.86. The third kappa shape index (κ3) is 1.84. The number of carbonyl (C=O) groups is 1. The number of halogens is 1. The Balaban J connectivity index is 2.55. The topological polar surface area (TPSA) is 17.1 Å². The quantitative estimate of drug-likeness (QED) is 0.641. The first kappa shape index (κ1) is 10.1. The Bertz CT molecular complexity index is 432. The molecule has 0 aromatic heterocycles. The molecule has 0 amide bonds. The van der Waals surface area contributed by atoms with Gasteiger partial charge in [-0.2, -0.15) is 0 Å². The van der Waals surface area contributed by atoms with E-state index < -0.39 is 11.6 Å². The molecule has 0 fully saturated rings. The maximum Gasteiger partial charge on any atom is 0.188 e. The Labute approximate surface area is 88.6 Å². The predicted octanol–water partition coefficient (Wildman–Crippen LogP) is 3.29. The van der Waals surface area contributed by atoms with Crippen LogP contribution in [0.5, 0.6) is 0 Å². The molecule has 0 bridgehead atoms. The lowest BCUT2D eigenvalue weighted by Gasteiger charge is -2.18. The molecular weight excluding hydrogens is 191 g/mol. The number of ketones is 1. The van der Waals surface area contributed by atoms with Crippen molar-refractivity contribution in [1.29, 1.82) is 0 Å². The van der Waals surface area contributed by atoms with Gasteiger partial charge >= 0.3 is 0 Å². The zero-order chi connectivity index (χ0) is 10.8. The van der Waals surface area contributed by atoms with Crippen LogP contribution in [0.4, 0.5) is 4.39 Å². The molecule has 0 N–H and O–H groups in total. The van der Waals surface area contributed by atoms with E-state index in [-0.39, 0.29) is 0 Å². The van der Waals surface area contributed by atoms with Gasteiger partial charge < -0.3 is 0 Å². The first-order valence-corrected chi connectivity index (χ1v) is 5.18. The summed E-state index contributed by atoms with van der Waals surface area (Å²) in [7, 11) is 0. The molecule has 1 nitrogen and oxygen atoms in total. The number of carbonyl (C=O) groups excluding carboxylic acids is 1. The summed E-state index contributed by atoms with van der Waals surface area (Å²) in [6.45, 7) is 1.28. The van der Waals surface area contributed by atoms with Crippen molar-refractivity contribution < 1.29 is 9.18 Å². The van der Waals surface area contributed by atoms with Gasteiger partial charge in [0.15, 0.2) is 11.6 Å². The molecule has 1 aromatic carbocycles. The Hall–Kier alpha value is -1.44. The molecular formula is C13H13FO. The summed E-state index contributed by atoms with van der Waals surface area (Å²) < 4.78 is 13.6. The van der Waals surface area contributed by atoms with Crippen molar-refractivity contribution in [1.82, 2.24) is 0 Å². The van der Waals surface area contributed by atoms with Crippen LogP contribution < -0.4 is 0 Å². The van der Waals surface area contributed by atoms with Crippen molar-refractivity contribution in [3.05, 3.63) is 41.2 Å². The van der Waals surface area contributed by atoms with Gasteiger partial charge in [0.2, 0.25) is 0 Å². The number of allylic oxidation sites excluding steroid dienone is 2. The van der Waals surface area contributed by atoms with Gasteiger partial charge in [-0.3, -0.25) is 4.79 Å². The van der Waals surface area contributed by atoms with Gasteiger partial charge in [-0.05, 0) is 36.0 Å². The molecule has 1 aliphatic carbocycles. The fourth-order valence-corrected chi connectivity index (χ4v) is 2.06. The van der Waals surface area contributed by atoms with E-state index in [9.17, 15) is 9.18 Å². The average molecular weight is 204 g/mol. The number of rotatable bonds is 1. The van der Waals surface area contributed by atoms with Crippen molar-refractivity contribution in [2.24, 2.45) is 0 Å². The van der Waals surface area contributed by atoms with Crippen molar-refractivity contribution in [2.45, 2.75) is 26.2 Å². The summed E-state index contributed by atoms with van der Waals surface area (Å²) in [5, 5.41) is 0. The standard InChI is InChI=1S/C13H13FO/c1-9(15)13(14)12-8-4-6-10-5-2-3-7-11(10)12/h2-3,5,7H,4,6,8H2,1H3/b13-12-. The fraction of sp³-hybridized carbons (Fsp3) is 0.308. The Kier molecular flexibility index (Phi) is 2.67. The van der Waals surface area contributed by atoms with E-state index in [2.05, 4.69) is 0 Å². The number of benzene rings is 1. The van der Waals surface area contributed by atoms with Gasteiger partial charge in [0.1, 0.15) is 0 Å². The number of aryl methyl sites for hydroxylation is 1. The van der Waals surface area contributed by atoms with Gasteiger partial charge in [-0.1, -0.05) is 24.3 Å². The molecule has 0 heterocycles. The molecule has 0 saturated heterocycles. The SMILES string of the molecule is CC(=O)/C(F)=C1\CCCc2ccccc21. The molecule has 0 spiro atoms. The maximum absolute atomic E-state index is 13.6. The van der Waals surface area contributed by atoms with E-state index >= 15 is 0 Å². The molecule has 0 unspecified atom stereocenters. The summed E-state index contributed by atoms with van der Waals surface area (Å²) in [5.41, 5.74) is 2.65. The third-order valence-corrected chi connectivity index (χ3v) is 2.79. The first-order chi connectivity index (χ1) is 7.20. The van der Waals surface area contributed by atoms with Crippen LogP contribution in [0, 0.1) is 0 Å². The second-order valence-electron chi connectivity index (χ2n) is 3.86. The zero-order valence-corrected chi connectivity index (χ0v) is 8.72. The van der Waals surface area contributed by atoms with Crippen LogP contribution in [-0.2, 0) is 11.2 Å². The van der Waals surface area contributed by atoms with E-state index in [0.29, 0.717) is 12.0 Å². The van der Waals surface area contributed by atoms with Crippen molar-refractivity contribution in [2.75, 3.05) is 0 Å². The van der Waals surface area contributed by atoms with Crippen LogP contribution in [0.15, 0.2) is 30.1 Å². The minimum atomic E-state index is -0.567. The highest BCUT2D eigenvalue weighted by molar-refractivity contribution is 5.99. The largest absolute Gasteiger partial charge is 0.292 e. The number of hydrogen-bond donors (Lipinski definition) is 0. The zero-order valence-electron chi connectivity index (χ0n) is 8.72. The summed E-state index contributed by atoms with van der Waals surface area (Å²) in [6, 6.07) is 7.74. The molecule has 2 heteroatoms. The van der Waals surface area contributed by atoms with Gasteiger partial charge in [0.05, 0.1) is 0 Å². The van der Waals surface area contributed by atoms with E-state index in [1.807, 2.05) is 24.3 Å². The lowest BCUT2D eigenvalue weighted by molar-refractivity contribution is -0.114. The molecule has 0 aliphatic heterocycles. The van der Waals surface area contributed by atoms with Crippen molar-refractivity contribution in [3.63, 3.8) is 0 Å². The lowest BCUT2D eigenvalue weighted by atomic mass is 9.86. The van der Waals surface area contributed by atoms with Gasteiger partial charge in [-0.15, -0.1) is 0 Å². The van der Waals surface area contributed by atoms with Crippen LogP contribution in [-0.4, -0.2) is 5.78 Å². The monoisotopic (exact) mass is 204 g/mol. The summed E-state index contributed by atoms with van der Waals surface area (Å²) in [6.07, 6.45) is 2.57. The first-order valence-electron chi connectivity index (χ1n) is 5.18. The Morgan fingerprint density at radius 1 is 1.27 bits per heavy atom. The van der Waals surface area contributed by atoms with Gasteiger partial charge in [-0.25, -0.2) is 4.39 Å². The highest BCUT2D eigenvalue weighted by Gasteiger charge is 2.19. The highest BCUT2D eigenvalue weighted by atomic mass is 19.1. The lowest BCUT2D eigenvalue weighted by Crippen LogP contribution is -2.05. The normalized spacial score (nSPS) is 18.3. The summed E-state index contributed by atoms with van der Waals surface area (Å²) in [5.74, 6) is -1.04. The van der Waals surface area contributed by atoms with Crippen molar-refractivity contribution in [3.8, 4) is 0 Å². The second kappa shape index (κ2) is 3.97. The summed E-state index contributed by atoms with van der Waals surface area (Å²) in [4.78, 5) is 11.0. The number of fused-ring (bicyclic) bond motifs is 1. The van der Waals surface area contributed by atoms with Crippen molar-refractivity contribution >= 4 is 11.4 Å². The highest BCUT2D eigenvalue weighted by Crippen LogP contribution is 2.33. The van der Waals surface area contributed by atoms with Crippen LogP contribution in [0.25, 0.3) is 5.57 Å². The van der Waals surface area contributed by atoms with Crippen LogP contribution in [0.3, 0.4) is 0 Å². The molecule has 0 saturated carbocycles. The average Bonchev–Trinajstić information content (AvgIpc) is 2.27. The number of hydrogen-bond acceptors (Lipinski definition) is 1. The van der Waals surface area contributed by atoms with E-state index in [1.165, 1.54) is 6.92 Å². The molecule has 1 aliphatic rings. The van der Waals surface area contributed by atoms with Gasteiger partial charge in [0.25, 0.3) is 0 Å². The molecule has 15 heavy (non-hydrogen) atoms. The minimum absolute atomic E-state index is 0.471. The van der Waals surface area contributed by atoms with Crippen LogP contribution >= 0.6 is 0 Å². The third-order valence-electron chi connectivity index (χ3n) is 2.79. The summed E-state index contributed by atoms with van der Waals surface area (Å²) >= 11 is 0. The predicted molar refractivity (Wildman–Crippen MR) is 58.1 cm³/mol. The van der Waals surface area contributed by atoms with Crippen LogP contribution in [0.1, 0.15) is 30.9 Å². The molecule has 0 atom stereocenters. The minimum Gasteiger partial charge on any atom is -0.292 e. The number of Topliss-reactive ketones (excluding diaryl/α,β-unsaturated/α-hetero) is 1. The Morgan fingerprint density at radius 3 is 2.73 bits per heavy atom. The Morgan fingerprint density at radius 2 is 2.00 bits per heavy atom. The smallest absolute Gasteiger partial charge is 0.188 e. The maximum atomic E-state index is 13.6. The van der Waals surface area contributed by atoms with E-state index in [0.717, 1.165) is 24.0 Å². The molecule has 0 radical (unpaired) electrons.